The Morgan fingerprint density at radius 3 is 2.67 bits per heavy atom. The van der Waals surface area contributed by atoms with Crippen LogP contribution in [-0.2, 0) is 4.79 Å². The van der Waals surface area contributed by atoms with E-state index in [1.54, 1.807) is 11.8 Å². The van der Waals surface area contributed by atoms with Crippen molar-refractivity contribution in [1.82, 2.24) is 14.9 Å². The molecule has 1 aromatic rings. The molecule has 18 heavy (non-hydrogen) atoms. The third-order valence-electron chi connectivity index (χ3n) is 2.63. The third-order valence-corrected chi connectivity index (χ3v) is 2.94. The molecule has 1 atom stereocenters. The lowest BCUT2D eigenvalue weighted by Crippen LogP contribution is -2.41. The van der Waals surface area contributed by atoms with Gasteiger partial charge in [0, 0.05) is 13.1 Å². The van der Waals surface area contributed by atoms with Crippen molar-refractivity contribution < 1.29 is 4.79 Å². The van der Waals surface area contributed by atoms with E-state index >= 15 is 0 Å². The summed E-state index contributed by atoms with van der Waals surface area (Å²) in [6.45, 7) is 6.97. The van der Waals surface area contributed by atoms with Gasteiger partial charge in [-0.1, -0.05) is 11.6 Å². The highest BCUT2D eigenvalue weighted by Gasteiger charge is 2.19. The van der Waals surface area contributed by atoms with Crippen molar-refractivity contribution >= 4 is 29.0 Å². The summed E-state index contributed by atoms with van der Waals surface area (Å²) in [7, 11) is 0. The van der Waals surface area contributed by atoms with E-state index in [-0.39, 0.29) is 16.7 Å². The molecule has 0 radical (unpaired) electrons. The van der Waals surface area contributed by atoms with Crippen LogP contribution in [0.4, 0.5) is 11.5 Å². The van der Waals surface area contributed by atoms with Crippen LogP contribution < -0.4 is 11.1 Å². The Kier molecular flexibility index (Phi) is 5.15. The van der Waals surface area contributed by atoms with Gasteiger partial charge in [0.05, 0.1) is 0 Å². The zero-order valence-corrected chi connectivity index (χ0v) is 11.5. The van der Waals surface area contributed by atoms with Gasteiger partial charge < -0.3 is 16.0 Å². The maximum Gasteiger partial charge on any atom is 0.244 e. The number of carbonyl (C=O) groups is 1. The van der Waals surface area contributed by atoms with Crippen molar-refractivity contribution in [3.63, 3.8) is 0 Å². The summed E-state index contributed by atoms with van der Waals surface area (Å²) in [5.74, 6) is 0.372. The molecule has 1 unspecified atom stereocenters. The Labute approximate surface area is 112 Å². The molecule has 0 saturated carbocycles. The SMILES string of the molecule is CCN(CC)C(=O)C(C)Nc1ncnc(Cl)c1N. The third kappa shape index (κ3) is 3.22. The molecule has 1 heterocycles. The Bertz CT molecular complexity index is 422. The number of nitrogens with zero attached hydrogens (tertiary/aromatic N) is 3. The van der Waals surface area contributed by atoms with Crippen LogP contribution in [0.25, 0.3) is 0 Å². The van der Waals surface area contributed by atoms with Crippen LogP contribution in [0.2, 0.25) is 5.15 Å². The fourth-order valence-electron chi connectivity index (χ4n) is 1.57. The molecule has 100 valence electrons. The van der Waals surface area contributed by atoms with E-state index in [1.165, 1.54) is 6.33 Å². The Hall–Kier alpha value is -1.56. The quantitative estimate of drug-likeness (QED) is 0.791. The van der Waals surface area contributed by atoms with Gasteiger partial charge in [0.1, 0.15) is 18.1 Å². The van der Waals surface area contributed by atoms with Crippen LogP contribution in [0.5, 0.6) is 0 Å². The summed E-state index contributed by atoms with van der Waals surface area (Å²) in [5.41, 5.74) is 5.98. The monoisotopic (exact) mass is 271 g/mol. The van der Waals surface area contributed by atoms with Crippen LogP contribution >= 0.6 is 11.6 Å². The highest BCUT2D eigenvalue weighted by Crippen LogP contribution is 2.22. The van der Waals surface area contributed by atoms with E-state index in [0.29, 0.717) is 18.9 Å². The van der Waals surface area contributed by atoms with Gasteiger partial charge >= 0.3 is 0 Å². The molecule has 1 rings (SSSR count). The number of rotatable bonds is 5. The minimum Gasteiger partial charge on any atom is -0.393 e. The van der Waals surface area contributed by atoms with E-state index < -0.39 is 6.04 Å². The number of amides is 1. The number of nitrogen functional groups attached to an aromatic ring is 1. The van der Waals surface area contributed by atoms with Crippen LogP contribution in [-0.4, -0.2) is 39.9 Å². The van der Waals surface area contributed by atoms with Crippen molar-refractivity contribution in [2.45, 2.75) is 26.8 Å². The number of halogens is 1. The minimum absolute atomic E-state index is 0.00543. The van der Waals surface area contributed by atoms with Gasteiger partial charge in [0.2, 0.25) is 5.91 Å². The van der Waals surface area contributed by atoms with Crippen LogP contribution in [0.1, 0.15) is 20.8 Å². The highest BCUT2D eigenvalue weighted by atomic mass is 35.5. The number of hydrogen-bond acceptors (Lipinski definition) is 5. The fourth-order valence-corrected chi connectivity index (χ4v) is 1.70. The highest BCUT2D eigenvalue weighted by molar-refractivity contribution is 6.32. The summed E-state index contributed by atoms with van der Waals surface area (Å²) in [5, 5.41) is 3.12. The minimum atomic E-state index is -0.418. The Morgan fingerprint density at radius 2 is 2.11 bits per heavy atom. The lowest BCUT2D eigenvalue weighted by Gasteiger charge is -2.24. The molecule has 0 saturated heterocycles. The summed E-state index contributed by atoms with van der Waals surface area (Å²) < 4.78 is 0. The molecule has 0 aliphatic carbocycles. The van der Waals surface area contributed by atoms with Gasteiger partial charge in [0.25, 0.3) is 0 Å². The van der Waals surface area contributed by atoms with E-state index in [0.717, 1.165) is 0 Å². The number of nitrogens with one attached hydrogen (secondary N) is 1. The van der Waals surface area contributed by atoms with Gasteiger partial charge in [-0.3, -0.25) is 4.79 Å². The molecule has 0 bridgehead atoms. The van der Waals surface area contributed by atoms with Crippen molar-refractivity contribution in [3.05, 3.63) is 11.5 Å². The normalized spacial score (nSPS) is 12.0. The maximum absolute atomic E-state index is 12.1. The zero-order valence-electron chi connectivity index (χ0n) is 10.8. The smallest absolute Gasteiger partial charge is 0.244 e. The Balaban J connectivity index is 2.78. The average molecular weight is 272 g/mol. The molecule has 7 heteroatoms. The number of anilines is 2. The molecule has 0 aliphatic rings. The van der Waals surface area contributed by atoms with Crippen LogP contribution in [0, 0.1) is 0 Å². The van der Waals surface area contributed by atoms with Crippen LogP contribution in [0.15, 0.2) is 6.33 Å². The van der Waals surface area contributed by atoms with Crippen molar-refractivity contribution in [2.75, 3.05) is 24.1 Å². The van der Waals surface area contributed by atoms with Crippen molar-refractivity contribution in [2.24, 2.45) is 0 Å². The summed E-state index contributed by atoms with van der Waals surface area (Å²) in [6, 6.07) is -0.418. The predicted molar refractivity (Wildman–Crippen MR) is 72.5 cm³/mol. The summed E-state index contributed by atoms with van der Waals surface area (Å²) in [6.07, 6.45) is 1.30. The average Bonchev–Trinajstić information content (AvgIpc) is 2.36. The van der Waals surface area contributed by atoms with Crippen molar-refractivity contribution in [1.29, 1.82) is 0 Å². The number of likely N-dealkylation sites (N-methyl/N-ethyl adjacent to an activating group) is 1. The molecule has 0 spiro atoms. The maximum atomic E-state index is 12.1. The van der Waals surface area contributed by atoms with Gasteiger partial charge in [-0.25, -0.2) is 9.97 Å². The van der Waals surface area contributed by atoms with E-state index in [2.05, 4.69) is 15.3 Å². The first-order valence-electron chi connectivity index (χ1n) is 5.82. The molecular weight excluding hydrogens is 254 g/mol. The first kappa shape index (κ1) is 14.5. The second-order valence-electron chi connectivity index (χ2n) is 3.80. The molecule has 3 N–H and O–H groups in total. The van der Waals surface area contributed by atoms with Gasteiger partial charge in [-0.05, 0) is 20.8 Å². The molecule has 6 nitrogen and oxygen atoms in total. The summed E-state index contributed by atoms with van der Waals surface area (Å²) in [4.78, 5) is 21.5. The van der Waals surface area contributed by atoms with E-state index in [9.17, 15) is 4.79 Å². The molecule has 0 fully saturated rings. The zero-order chi connectivity index (χ0) is 13.7. The molecule has 0 aromatic carbocycles. The first-order valence-corrected chi connectivity index (χ1v) is 6.20. The molecular formula is C11H18ClN5O. The van der Waals surface area contributed by atoms with Gasteiger partial charge in [-0.2, -0.15) is 0 Å². The van der Waals surface area contributed by atoms with E-state index in [4.69, 9.17) is 17.3 Å². The standard InChI is InChI=1S/C11H18ClN5O/c1-4-17(5-2)11(18)7(3)16-10-8(13)9(12)14-6-15-10/h6-7H,4-5,13H2,1-3H3,(H,14,15,16). The van der Waals surface area contributed by atoms with Crippen molar-refractivity contribution in [3.8, 4) is 0 Å². The predicted octanol–water partition coefficient (Wildman–Crippen LogP) is 1.38. The number of carbonyl (C=O) groups excluding carboxylic acids is 1. The number of hydrogen-bond donors (Lipinski definition) is 2. The fraction of sp³-hybridized carbons (Fsp3) is 0.545. The second-order valence-corrected chi connectivity index (χ2v) is 4.16. The second kappa shape index (κ2) is 6.39. The molecule has 0 aliphatic heterocycles. The van der Waals surface area contributed by atoms with Gasteiger partial charge in [0.15, 0.2) is 11.0 Å². The Morgan fingerprint density at radius 1 is 1.50 bits per heavy atom. The summed E-state index contributed by atoms with van der Waals surface area (Å²) >= 11 is 5.78. The lowest BCUT2D eigenvalue weighted by atomic mass is 10.2. The first-order chi connectivity index (χ1) is 8.51. The largest absolute Gasteiger partial charge is 0.393 e. The number of nitrogens with two attached hydrogens (primary N) is 1. The lowest BCUT2D eigenvalue weighted by molar-refractivity contribution is -0.131. The van der Waals surface area contributed by atoms with E-state index in [1.807, 2.05) is 13.8 Å². The van der Waals surface area contributed by atoms with Gasteiger partial charge in [-0.15, -0.1) is 0 Å². The van der Waals surface area contributed by atoms with Crippen LogP contribution in [0.3, 0.4) is 0 Å². The number of aromatic nitrogens is 2. The molecule has 1 aromatic heterocycles. The topological polar surface area (TPSA) is 84.1 Å². The molecule has 1 amide bonds.